The standard InChI is InChI=1S/C33H30N4O2/c1-3-23-13-15-29-28(19-23)31(17-18-34-29)39-26-14-16-32(35-21-26)36-33(38)27-20-24-9-7-8-12-30(24)37(22(27)2)25-10-5-4-6-11-25/h4-6,10-11,13-21H,2-3,7-9,12H2,1H3,(H,35,36,38). The molecule has 0 saturated carbocycles. The van der Waals surface area contributed by atoms with Gasteiger partial charge in [0.05, 0.1) is 23.0 Å². The van der Waals surface area contributed by atoms with E-state index in [0.29, 0.717) is 22.8 Å². The molecule has 39 heavy (non-hydrogen) atoms. The maximum atomic E-state index is 13.4. The zero-order valence-electron chi connectivity index (χ0n) is 22.0. The Bertz CT molecular complexity index is 1620. The lowest BCUT2D eigenvalue weighted by atomic mass is 9.89. The highest BCUT2D eigenvalue weighted by Gasteiger charge is 2.30. The minimum atomic E-state index is -0.230. The van der Waals surface area contributed by atoms with E-state index in [1.807, 2.05) is 36.4 Å². The molecule has 2 aromatic carbocycles. The first-order valence-electron chi connectivity index (χ1n) is 13.4. The second kappa shape index (κ2) is 10.6. The lowest BCUT2D eigenvalue weighted by molar-refractivity contribution is -0.112. The first-order valence-corrected chi connectivity index (χ1v) is 13.4. The Hall–Kier alpha value is -4.71. The van der Waals surface area contributed by atoms with Gasteiger partial charge >= 0.3 is 0 Å². The summed E-state index contributed by atoms with van der Waals surface area (Å²) in [6.07, 6.45) is 10.5. The van der Waals surface area contributed by atoms with Crippen LogP contribution >= 0.6 is 0 Å². The topological polar surface area (TPSA) is 67.3 Å². The second-order valence-corrected chi connectivity index (χ2v) is 9.80. The average molecular weight is 515 g/mol. The van der Waals surface area contributed by atoms with Crippen LogP contribution in [0, 0.1) is 0 Å². The number of para-hydroxylation sites is 1. The molecule has 0 bridgehead atoms. The van der Waals surface area contributed by atoms with Gasteiger partial charge in [-0.15, -0.1) is 0 Å². The molecule has 1 amide bonds. The summed E-state index contributed by atoms with van der Waals surface area (Å²) in [5, 5.41) is 3.91. The number of hydrogen-bond donors (Lipinski definition) is 1. The third-order valence-corrected chi connectivity index (χ3v) is 7.29. The fourth-order valence-corrected chi connectivity index (χ4v) is 5.25. The maximum absolute atomic E-state index is 13.4. The number of nitrogens with one attached hydrogen (secondary N) is 1. The number of carbonyl (C=O) groups excluding carboxylic acids is 1. The van der Waals surface area contributed by atoms with Gasteiger partial charge in [-0.25, -0.2) is 4.98 Å². The quantitative estimate of drug-likeness (QED) is 0.285. The number of anilines is 2. The molecule has 4 aromatic rings. The third-order valence-electron chi connectivity index (χ3n) is 7.29. The van der Waals surface area contributed by atoms with Crippen molar-refractivity contribution in [1.82, 2.24) is 9.97 Å². The molecule has 2 aliphatic rings. The van der Waals surface area contributed by atoms with Crippen molar-refractivity contribution in [2.45, 2.75) is 39.0 Å². The largest absolute Gasteiger partial charge is 0.455 e. The monoisotopic (exact) mass is 514 g/mol. The van der Waals surface area contributed by atoms with Crippen LogP contribution in [0.15, 0.2) is 114 Å². The number of allylic oxidation sites excluding steroid dienone is 3. The van der Waals surface area contributed by atoms with Crippen LogP contribution in [0.1, 0.15) is 38.2 Å². The molecule has 0 atom stereocenters. The second-order valence-electron chi connectivity index (χ2n) is 9.80. The number of ether oxygens (including phenoxy) is 1. The highest BCUT2D eigenvalue weighted by molar-refractivity contribution is 6.08. The van der Waals surface area contributed by atoms with Crippen LogP contribution in [0.5, 0.6) is 11.5 Å². The summed E-state index contributed by atoms with van der Waals surface area (Å²) in [5.41, 5.74) is 6.79. The Labute approximate surface area is 228 Å². The zero-order valence-corrected chi connectivity index (χ0v) is 22.0. The summed E-state index contributed by atoms with van der Waals surface area (Å²) in [7, 11) is 0. The van der Waals surface area contributed by atoms with Crippen molar-refractivity contribution in [3.8, 4) is 11.5 Å². The van der Waals surface area contributed by atoms with Crippen LogP contribution < -0.4 is 15.0 Å². The van der Waals surface area contributed by atoms with Crippen LogP contribution in [-0.4, -0.2) is 15.9 Å². The van der Waals surface area contributed by atoms with E-state index < -0.39 is 0 Å². The molecule has 1 N–H and O–H groups in total. The number of hydrogen-bond acceptors (Lipinski definition) is 5. The number of aryl methyl sites for hydroxylation is 1. The van der Waals surface area contributed by atoms with Gasteiger partial charge in [-0.2, -0.15) is 0 Å². The first-order chi connectivity index (χ1) is 19.1. The van der Waals surface area contributed by atoms with Gasteiger partial charge in [0.2, 0.25) is 0 Å². The van der Waals surface area contributed by atoms with Crippen LogP contribution in [0.2, 0.25) is 0 Å². The Morgan fingerprint density at radius 3 is 2.67 bits per heavy atom. The van der Waals surface area contributed by atoms with Crippen LogP contribution in [0.25, 0.3) is 10.9 Å². The molecular weight excluding hydrogens is 484 g/mol. The molecular formula is C33H30N4O2. The zero-order chi connectivity index (χ0) is 26.8. The molecule has 0 radical (unpaired) electrons. The molecule has 0 unspecified atom stereocenters. The molecule has 194 valence electrons. The highest BCUT2D eigenvalue weighted by Crippen LogP contribution is 2.40. The fraction of sp³-hybridized carbons (Fsp3) is 0.182. The Morgan fingerprint density at radius 2 is 1.87 bits per heavy atom. The summed E-state index contributed by atoms with van der Waals surface area (Å²) in [4.78, 5) is 24.5. The smallest absolute Gasteiger partial charge is 0.258 e. The summed E-state index contributed by atoms with van der Waals surface area (Å²) in [6.45, 7) is 6.45. The van der Waals surface area contributed by atoms with E-state index in [-0.39, 0.29) is 5.91 Å². The minimum Gasteiger partial charge on any atom is -0.455 e. The van der Waals surface area contributed by atoms with Crippen LogP contribution in [0.3, 0.4) is 0 Å². The number of amides is 1. The fourth-order valence-electron chi connectivity index (χ4n) is 5.25. The number of pyridine rings is 2. The van der Waals surface area contributed by atoms with Crippen LogP contribution in [0.4, 0.5) is 11.5 Å². The number of nitrogens with zero attached hydrogens (tertiary/aromatic N) is 3. The van der Waals surface area contributed by atoms with E-state index in [1.165, 1.54) is 16.8 Å². The van der Waals surface area contributed by atoms with Crippen molar-refractivity contribution in [1.29, 1.82) is 0 Å². The minimum absolute atomic E-state index is 0.230. The predicted octanol–water partition coefficient (Wildman–Crippen LogP) is 7.71. The van der Waals surface area contributed by atoms with Gasteiger partial charge in [-0.05, 0) is 91.8 Å². The average Bonchev–Trinajstić information content (AvgIpc) is 2.98. The molecule has 3 heterocycles. The number of rotatable bonds is 6. The Balaban J connectivity index is 1.21. The van der Waals surface area contributed by atoms with Crippen molar-refractivity contribution in [3.63, 3.8) is 0 Å². The van der Waals surface area contributed by atoms with E-state index in [1.54, 1.807) is 24.5 Å². The number of benzene rings is 2. The van der Waals surface area contributed by atoms with Gasteiger partial charge in [0.15, 0.2) is 0 Å². The van der Waals surface area contributed by atoms with Crippen molar-refractivity contribution in [2.24, 2.45) is 0 Å². The third kappa shape index (κ3) is 4.93. The number of aromatic nitrogens is 2. The van der Waals surface area contributed by atoms with Crippen molar-refractivity contribution < 1.29 is 9.53 Å². The van der Waals surface area contributed by atoms with E-state index in [4.69, 9.17) is 4.74 Å². The van der Waals surface area contributed by atoms with Gasteiger partial charge in [-0.3, -0.25) is 9.78 Å². The summed E-state index contributed by atoms with van der Waals surface area (Å²) in [6, 6.07) is 21.7. The molecule has 1 aliphatic carbocycles. The summed E-state index contributed by atoms with van der Waals surface area (Å²) in [5.74, 6) is 1.51. The maximum Gasteiger partial charge on any atom is 0.258 e. The summed E-state index contributed by atoms with van der Waals surface area (Å²) < 4.78 is 6.15. The molecule has 6 heteroatoms. The molecule has 0 saturated heterocycles. The lowest BCUT2D eigenvalue weighted by Gasteiger charge is -2.37. The highest BCUT2D eigenvalue weighted by atomic mass is 16.5. The van der Waals surface area contributed by atoms with Gasteiger partial charge in [0, 0.05) is 23.0 Å². The molecule has 6 nitrogen and oxygen atoms in total. The van der Waals surface area contributed by atoms with Gasteiger partial charge in [-0.1, -0.05) is 37.8 Å². The molecule has 2 aromatic heterocycles. The Kier molecular flexibility index (Phi) is 6.68. The van der Waals surface area contributed by atoms with Crippen molar-refractivity contribution in [2.75, 3.05) is 10.2 Å². The van der Waals surface area contributed by atoms with Gasteiger partial charge in [0.25, 0.3) is 5.91 Å². The summed E-state index contributed by atoms with van der Waals surface area (Å²) >= 11 is 0. The predicted molar refractivity (Wildman–Crippen MR) is 156 cm³/mol. The van der Waals surface area contributed by atoms with E-state index in [0.717, 1.165) is 54.4 Å². The molecule has 0 fully saturated rings. The molecule has 1 aliphatic heterocycles. The SMILES string of the molecule is C=C1C(C(=O)Nc2ccc(Oc3ccnc4ccc(CC)cc34)cn2)=CC2=C(CCCC2)N1c1ccccc1. The lowest BCUT2D eigenvalue weighted by Crippen LogP contribution is -2.32. The number of fused-ring (bicyclic) bond motifs is 1. The van der Waals surface area contributed by atoms with Gasteiger partial charge < -0.3 is 15.0 Å². The molecule has 6 rings (SSSR count). The van der Waals surface area contributed by atoms with E-state index >= 15 is 0 Å². The number of carbonyl (C=O) groups is 1. The van der Waals surface area contributed by atoms with Crippen LogP contribution in [-0.2, 0) is 11.2 Å². The van der Waals surface area contributed by atoms with E-state index in [9.17, 15) is 4.79 Å². The molecule has 0 spiro atoms. The van der Waals surface area contributed by atoms with Crippen molar-refractivity contribution >= 4 is 28.3 Å². The van der Waals surface area contributed by atoms with Crippen molar-refractivity contribution in [3.05, 3.63) is 120 Å². The normalized spacial score (nSPS) is 15.2. The van der Waals surface area contributed by atoms with E-state index in [2.05, 4.69) is 58.0 Å². The van der Waals surface area contributed by atoms with Gasteiger partial charge in [0.1, 0.15) is 17.3 Å². The Morgan fingerprint density at radius 1 is 1.03 bits per heavy atom. The first kappa shape index (κ1) is 24.6.